The first kappa shape index (κ1) is 14.8. The van der Waals surface area contributed by atoms with Crippen molar-refractivity contribution in [2.24, 2.45) is 5.92 Å². The number of nitriles is 1. The number of rotatable bonds is 4. The second kappa shape index (κ2) is 5.79. The molecule has 20 heavy (non-hydrogen) atoms. The van der Waals surface area contributed by atoms with Crippen molar-refractivity contribution < 1.29 is 13.2 Å². The average Bonchev–Trinajstić information content (AvgIpc) is 2.88. The lowest BCUT2D eigenvalue weighted by atomic mass is 10.1. The highest BCUT2D eigenvalue weighted by atomic mass is 32.2. The van der Waals surface area contributed by atoms with E-state index in [0.29, 0.717) is 25.3 Å². The highest BCUT2D eigenvalue weighted by Gasteiger charge is 2.33. The van der Waals surface area contributed by atoms with Gasteiger partial charge >= 0.3 is 0 Å². The molecule has 108 valence electrons. The number of nitrogens with two attached hydrogens (primary N) is 1. The number of nitrogens with zero attached hydrogens (tertiary/aromatic N) is 2. The van der Waals surface area contributed by atoms with E-state index in [1.807, 2.05) is 6.07 Å². The maximum Gasteiger partial charge on any atom is 0.245 e. The zero-order valence-corrected chi connectivity index (χ0v) is 12.1. The summed E-state index contributed by atoms with van der Waals surface area (Å²) in [5.41, 5.74) is 6.22. The van der Waals surface area contributed by atoms with E-state index >= 15 is 0 Å². The van der Waals surface area contributed by atoms with Gasteiger partial charge in [-0.3, -0.25) is 0 Å². The maximum atomic E-state index is 12.5. The minimum atomic E-state index is -3.60. The first-order chi connectivity index (χ1) is 9.48. The molecule has 0 spiro atoms. The van der Waals surface area contributed by atoms with Gasteiger partial charge in [-0.15, -0.1) is 0 Å². The predicted molar refractivity (Wildman–Crippen MR) is 74.3 cm³/mol. The van der Waals surface area contributed by atoms with Crippen LogP contribution in [0.3, 0.4) is 0 Å². The van der Waals surface area contributed by atoms with E-state index in [1.54, 1.807) is 7.11 Å². The minimum absolute atomic E-state index is 0.0644. The molecule has 0 aromatic heterocycles. The number of ether oxygens (including phenoxy) is 1. The number of benzene rings is 1. The lowest BCUT2D eigenvalue weighted by molar-refractivity contribution is 0.157. The molecule has 2 rings (SSSR count). The van der Waals surface area contributed by atoms with Gasteiger partial charge in [0.1, 0.15) is 4.90 Å². The molecule has 1 unspecified atom stereocenters. The minimum Gasteiger partial charge on any atom is -0.398 e. The van der Waals surface area contributed by atoms with E-state index in [1.165, 1.54) is 22.5 Å². The molecule has 1 fully saturated rings. The normalized spacial score (nSPS) is 19.9. The van der Waals surface area contributed by atoms with E-state index in [0.717, 1.165) is 6.42 Å². The van der Waals surface area contributed by atoms with Gasteiger partial charge in [0.05, 0.1) is 23.9 Å². The second-order valence-electron chi connectivity index (χ2n) is 4.84. The molecular formula is C13H17N3O3S. The molecule has 1 aliphatic heterocycles. The van der Waals surface area contributed by atoms with E-state index in [-0.39, 0.29) is 16.5 Å². The van der Waals surface area contributed by atoms with Crippen LogP contribution < -0.4 is 5.73 Å². The molecule has 0 amide bonds. The number of anilines is 1. The average molecular weight is 295 g/mol. The quantitative estimate of drug-likeness (QED) is 0.829. The maximum absolute atomic E-state index is 12.5. The van der Waals surface area contributed by atoms with Crippen molar-refractivity contribution in [3.8, 4) is 6.07 Å². The van der Waals surface area contributed by atoms with Crippen LogP contribution in [0, 0.1) is 17.2 Å². The first-order valence-electron chi connectivity index (χ1n) is 6.27. The molecule has 0 radical (unpaired) electrons. The molecule has 1 atom stereocenters. The summed E-state index contributed by atoms with van der Waals surface area (Å²) in [6.07, 6.45) is 0.781. The summed E-state index contributed by atoms with van der Waals surface area (Å²) >= 11 is 0. The number of hydrogen-bond acceptors (Lipinski definition) is 5. The van der Waals surface area contributed by atoms with Crippen LogP contribution in [0.15, 0.2) is 23.1 Å². The molecule has 1 aliphatic rings. The first-order valence-corrected chi connectivity index (χ1v) is 7.71. The molecule has 0 saturated carbocycles. The summed E-state index contributed by atoms with van der Waals surface area (Å²) in [5.74, 6) is 0.217. The molecular weight excluding hydrogens is 278 g/mol. The summed E-state index contributed by atoms with van der Waals surface area (Å²) < 4.78 is 31.5. The van der Waals surface area contributed by atoms with Crippen LogP contribution in [0.2, 0.25) is 0 Å². The van der Waals surface area contributed by atoms with Crippen LogP contribution >= 0.6 is 0 Å². The SMILES string of the molecule is COCC1CCN(S(=O)(=O)c2ccc(C#N)cc2N)C1. The van der Waals surface area contributed by atoms with Crippen LogP contribution in [-0.2, 0) is 14.8 Å². The topological polar surface area (TPSA) is 96.4 Å². The van der Waals surface area contributed by atoms with Gasteiger partial charge in [0, 0.05) is 20.2 Å². The highest BCUT2D eigenvalue weighted by molar-refractivity contribution is 7.89. The Labute approximate surface area is 118 Å². The third kappa shape index (κ3) is 2.77. The number of methoxy groups -OCH3 is 1. The summed E-state index contributed by atoms with van der Waals surface area (Å²) in [6.45, 7) is 1.46. The number of hydrogen-bond donors (Lipinski definition) is 1. The monoisotopic (exact) mass is 295 g/mol. The summed E-state index contributed by atoms with van der Waals surface area (Å²) in [5, 5.41) is 8.78. The fraction of sp³-hybridized carbons (Fsp3) is 0.462. The highest BCUT2D eigenvalue weighted by Crippen LogP contribution is 2.28. The van der Waals surface area contributed by atoms with Gasteiger partial charge in [0.15, 0.2) is 0 Å². The van der Waals surface area contributed by atoms with Gasteiger partial charge < -0.3 is 10.5 Å². The third-order valence-electron chi connectivity index (χ3n) is 3.41. The third-order valence-corrected chi connectivity index (χ3v) is 5.35. The van der Waals surface area contributed by atoms with Crippen molar-refractivity contribution in [1.82, 2.24) is 4.31 Å². The lowest BCUT2D eigenvalue weighted by Crippen LogP contribution is -2.30. The second-order valence-corrected chi connectivity index (χ2v) is 6.74. The van der Waals surface area contributed by atoms with Crippen molar-refractivity contribution in [3.05, 3.63) is 23.8 Å². The van der Waals surface area contributed by atoms with Crippen molar-refractivity contribution in [2.75, 3.05) is 32.5 Å². The van der Waals surface area contributed by atoms with E-state index in [9.17, 15) is 8.42 Å². The van der Waals surface area contributed by atoms with E-state index in [4.69, 9.17) is 15.7 Å². The number of nitrogen functional groups attached to an aromatic ring is 1. The van der Waals surface area contributed by atoms with Crippen LogP contribution in [0.4, 0.5) is 5.69 Å². The van der Waals surface area contributed by atoms with Crippen LogP contribution in [-0.4, -0.2) is 39.5 Å². The van der Waals surface area contributed by atoms with Crippen LogP contribution in [0.25, 0.3) is 0 Å². The molecule has 1 aromatic rings. The lowest BCUT2D eigenvalue weighted by Gasteiger charge is -2.17. The van der Waals surface area contributed by atoms with E-state index in [2.05, 4.69) is 0 Å². The summed E-state index contributed by atoms with van der Waals surface area (Å²) in [4.78, 5) is 0.0644. The Hall–Kier alpha value is -1.62. The van der Waals surface area contributed by atoms with Gasteiger partial charge in [0.25, 0.3) is 0 Å². The molecule has 1 saturated heterocycles. The van der Waals surface area contributed by atoms with Gasteiger partial charge in [0.2, 0.25) is 10.0 Å². The molecule has 2 N–H and O–H groups in total. The molecule has 7 heteroatoms. The molecule has 0 bridgehead atoms. The zero-order chi connectivity index (χ0) is 14.8. The van der Waals surface area contributed by atoms with Crippen molar-refractivity contribution in [3.63, 3.8) is 0 Å². The van der Waals surface area contributed by atoms with Gasteiger partial charge in [-0.2, -0.15) is 9.57 Å². The standard InChI is InChI=1S/C13H17N3O3S/c1-19-9-11-4-5-16(8-11)20(17,18)13-3-2-10(7-14)6-12(13)15/h2-3,6,11H,4-5,8-9,15H2,1H3. The molecule has 0 aliphatic carbocycles. The Bertz CT molecular complexity index is 637. The van der Waals surface area contributed by atoms with Crippen molar-refractivity contribution in [2.45, 2.75) is 11.3 Å². The van der Waals surface area contributed by atoms with Crippen LogP contribution in [0.5, 0.6) is 0 Å². The number of sulfonamides is 1. The molecule has 6 nitrogen and oxygen atoms in total. The van der Waals surface area contributed by atoms with E-state index < -0.39 is 10.0 Å². The largest absolute Gasteiger partial charge is 0.398 e. The Balaban J connectivity index is 2.26. The fourth-order valence-electron chi connectivity index (χ4n) is 2.38. The van der Waals surface area contributed by atoms with Gasteiger partial charge in [-0.25, -0.2) is 8.42 Å². The Morgan fingerprint density at radius 2 is 2.30 bits per heavy atom. The fourth-order valence-corrected chi connectivity index (χ4v) is 4.01. The van der Waals surface area contributed by atoms with Crippen molar-refractivity contribution in [1.29, 1.82) is 5.26 Å². The smallest absolute Gasteiger partial charge is 0.245 e. The Morgan fingerprint density at radius 1 is 1.55 bits per heavy atom. The Morgan fingerprint density at radius 3 is 2.90 bits per heavy atom. The Kier molecular flexibility index (Phi) is 4.28. The van der Waals surface area contributed by atoms with Crippen LogP contribution in [0.1, 0.15) is 12.0 Å². The predicted octanol–water partition coefficient (Wildman–Crippen LogP) is 0.797. The zero-order valence-electron chi connectivity index (χ0n) is 11.2. The van der Waals surface area contributed by atoms with Gasteiger partial charge in [-0.05, 0) is 30.5 Å². The van der Waals surface area contributed by atoms with Crippen molar-refractivity contribution >= 4 is 15.7 Å². The molecule has 1 aromatic carbocycles. The van der Waals surface area contributed by atoms with Gasteiger partial charge in [-0.1, -0.05) is 0 Å². The summed E-state index contributed by atoms with van der Waals surface area (Å²) in [7, 11) is -2.00. The molecule has 1 heterocycles. The summed E-state index contributed by atoms with van der Waals surface area (Å²) in [6, 6.07) is 6.18.